The predicted molar refractivity (Wildman–Crippen MR) is 84.3 cm³/mol. The first-order chi connectivity index (χ1) is 11.4. The molecule has 25 heavy (non-hydrogen) atoms. The number of nitrogens with zero attached hydrogens (tertiary/aromatic N) is 2. The molecule has 0 spiro atoms. The maximum atomic E-state index is 14.5. The van der Waals surface area contributed by atoms with Gasteiger partial charge in [-0.05, 0) is 39.8 Å². The van der Waals surface area contributed by atoms with Crippen LogP contribution >= 0.6 is 0 Å². The number of hydrogen-bond acceptors (Lipinski definition) is 4. The number of methoxy groups -OCH3 is 1. The number of hydrogen-bond donors (Lipinski definition) is 0. The summed E-state index contributed by atoms with van der Waals surface area (Å²) in [4.78, 5) is 0. The summed E-state index contributed by atoms with van der Waals surface area (Å²) in [6.07, 6.45) is -3.68. The van der Waals surface area contributed by atoms with Crippen molar-refractivity contribution < 1.29 is 31.6 Å². The Morgan fingerprint density at radius 3 is 2.32 bits per heavy atom. The van der Waals surface area contributed by atoms with Gasteiger partial charge in [-0.3, -0.25) is 4.68 Å². The molecule has 1 fully saturated rings. The van der Waals surface area contributed by atoms with Crippen molar-refractivity contribution in [3.63, 3.8) is 0 Å². The van der Waals surface area contributed by atoms with Crippen LogP contribution in [0.1, 0.15) is 39.1 Å². The molecular weight excluding hydrogens is 343 g/mol. The minimum Gasteiger partial charge on any atom is -0.398 e. The van der Waals surface area contributed by atoms with Crippen molar-refractivity contribution >= 4 is 13.2 Å². The van der Waals surface area contributed by atoms with E-state index in [1.165, 1.54) is 7.11 Å². The lowest BCUT2D eigenvalue weighted by molar-refractivity contribution is -0.141. The molecule has 0 amide bonds. The molecule has 0 N–H and O–H groups in total. The largest absolute Gasteiger partial charge is 0.525 e. The van der Waals surface area contributed by atoms with Gasteiger partial charge in [-0.15, -0.1) is 0 Å². The van der Waals surface area contributed by atoms with Crippen LogP contribution in [0.5, 0.6) is 0 Å². The zero-order chi connectivity index (χ0) is 19.0. The molecule has 0 unspecified atom stereocenters. The van der Waals surface area contributed by atoms with Crippen molar-refractivity contribution in [1.29, 1.82) is 0 Å². The quantitative estimate of drug-likeness (QED) is 0.593. The van der Waals surface area contributed by atoms with Crippen molar-refractivity contribution in [2.75, 3.05) is 13.7 Å². The lowest BCUT2D eigenvalue weighted by atomic mass is 9.87. The van der Waals surface area contributed by atoms with Crippen LogP contribution in [0.4, 0.5) is 17.6 Å². The molecule has 0 aromatic carbocycles. The summed E-state index contributed by atoms with van der Waals surface area (Å²) >= 11 is 0. The summed E-state index contributed by atoms with van der Waals surface area (Å²) in [6, 6.07) is 0.778. The van der Waals surface area contributed by atoms with Crippen LogP contribution in [-0.2, 0) is 26.8 Å². The van der Waals surface area contributed by atoms with E-state index in [1.54, 1.807) is 27.7 Å². The normalized spacial score (nSPS) is 20.4. The van der Waals surface area contributed by atoms with Crippen LogP contribution in [0.25, 0.3) is 6.08 Å². The molecule has 0 saturated carbocycles. The van der Waals surface area contributed by atoms with Gasteiger partial charge in [0.1, 0.15) is 5.73 Å². The molecule has 140 valence electrons. The third kappa shape index (κ3) is 4.24. The zero-order valence-corrected chi connectivity index (χ0v) is 14.8. The third-order valence-electron chi connectivity index (χ3n) is 4.37. The Kier molecular flexibility index (Phi) is 5.37. The van der Waals surface area contributed by atoms with Crippen molar-refractivity contribution in [2.45, 2.75) is 51.6 Å². The number of alkyl halides is 3. The first-order valence-electron chi connectivity index (χ1n) is 7.74. The van der Waals surface area contributed by atoms with Gasteiger partial charge < -0.3 is 14.0 Å². The van der Waals surface area contributed by atoms with Crippen LogP contribution < -0.4 is 0 Å². The minimum absolute atomic E-state index is 0.0448. The Labute approximate surface area is 144 Å². The highest BCUT2D eigenvalue weighted by Gasteiger charge is 2.53. The Balaban J connectivity index is 2.31. The van der Waals surface area contributed by atoms with Crippen LogP contribution in [-0.4, -0.2) is 41.8 Å². The molecule has 2 heterocycles. The molecule has 1 aliphatic rings. The summed E-state index contributed by atoms with van der Waals surface area (Å²) in [5.74, 6) is 0. The second kappa shape index (κ2) is 6.73. The van der Waals surface area contributed by atoms with Gasteiger partial charge in [-0.25, -0.2) is 4.39 Å². The van der Waals surface area contributed by atoms with Crippen LogP contribution in [0.15, 0.2) is 11.8 Å². The summed E-state index contributed by atoms with van der Waals surface area (Å²) in [7, 11) is 0.124. The Bertz CT molecular complexity index is 640. The summed E-state index contributed by atoms with van der Waals surface area (Å²) in [6.45, 7) is 7.21. The van der Waals surface area contributed by atoms with Crippen LogP contribution in [0.3, 0.4) is 0 Å². The highest BCUT2D eigenvalue weighted by Crippen LogP contribution is 2.39. The van der Waals surface area contributed by atoms with Gasteiger partial charge in [0.25, 0.3) is 0 Å². The molecule has 0 radical (unpaired) electrons. The van der Waals surface area contributed by atoms with Crippen molar-refractivity contribution in [1.82, 2.24) is 9.78 Å². The van der Waals surface area contributed by atoms with E-state index in [1.807, 2.05) is 0 Å². The zero-order valence-electron chi connectivity index (χ0n) is 14.8. The second-order valence-corrected chi connectivity index (χ2v) is 6.79. The van der Waals surface area contributed by atoms with E-state index in [4.69, 9.17) is 14.0 Å². The van der Waals surface area contributed by atoms with E-state index in [9.17, 15) is 17.6 Å². The average Bonchev–Trinajstić information content (AvgIpc) is 2.95. The molecule has 0 aliphatic carbocycles. The standard InChI is InChI=1S/C15H21BF4N2O3/c1-13(2)14(3,4)25-16(24-13)12(17)9-10-8-11(15(18,19)20)21-22(10)6-7-23-5/h8-9H,6-7H2,1-5H3. The molecule has 1 aromatic rings. The number of rotatable bonds is 5. The minimum atomic E-state index is -4.62. The fourth-order valence-electron chi connectivity index (χ4n) is 2.21. The van der Waals surface area contributed by atoms with E-state index in [-0.39, 0.29) is 18.8 Å². The van der Waals surface area contributed by atoms with Crippen LogP contribution in [0.2, 0.25) is 0 Å². The average molecular weight is 364 g/mol. The third-order valence-corrected chi connectivity index (χ3v) is 4.37. The number of ether oxygens (including phenoxy) is 1. The van der Waals surface area contributed by atoms with Gasteiger partial charge in [-0.2, -0.15) is 18.3 Å². The summed E-state index contributed by atoms with van der Waals surface area (Å²) < 4.78 is 70.2. The monoisotopic (exact) mass is 364 g/mol. The van der Waals surface area contributed by atoms with E-state index in [0.29, 0.717) is 0 Å². The highest BCUT2D eigenvalue weighted by molar-refractivity contribution is 6.54. The molecule has 0 atom stereocenters. The topological polar surface area (TPSA) is 45.5 Å². The van der Waals surface area contributed by atoms with Crippen molar-refractivity contribution in [3.8, 4) is 0 Å². The van der Waals surface area contributed by atoms with E-state index in [2.05, 4.69) is 5.10 Å². The smallest absolute Gasteiger partial charge is 0.398 e. The fourth-order valence-corrected chi connectivity index (χ4v) is 2.21. The highest BCUT2D eigenvalue weighted by atomic mass is 19.4. The second-order valence-electron chi connectivity index (χ2n) is 6.79. The molecular formula is C15H21BF4N2O3. The number of halogens is 4. The lowest BCUT2D eigenvalue weighted by Gasteiger charge is -2.32. The Morgan fingerprint density at radius 2 is 1.84 bits per heavy atom. The fraction of sp³-hybridized carbons (Fsp3) is 0.667. The molecule has 5 nitrogen and oxygen atoms in total. The Hall–Kier alpha value is -1.39. The van der Waals surface area contributed by atoms with Gasteiger partial charge >= 0.3 is 13.3 Å². The van der Waals surface area contributed by atoms with E-state index >= 15 is 0 Å². The maximum absolute atomic E-state index is 14.5. The molecule has 1 aromatic heterocycles. The van der Waals surface area contributed by atoms with Gasteiger partial charge in [0.2, 0.25) is 0 Å². The van der Waals surface area contributed by atoms with Gasteiger partial charge in [-0.1, -0.05) is 0 Å². The SMILES string of the molecule is COCCn1nc(C(F)(F)F)cc1C=C(F)B1OC(C)(C)C(C)(C)O1. The molecule has 1 saturated heterocycles. The van der Waals surface area contributed by atoms with Crippen molar-refractivity contribution in [3.05, 3.63) is 23.2 Å². The molecule has 1 aliphatic heterocycles. The molecule has 0 bridgehead atoms. The predicted octanol–water partition coefficient (Wildman–Crippen LogP) is 3.49. The van der Waals surface area contributed by atoms with Crippen LogP contribution in [0, 0.1) is 0 Å². The Morgan fingerprint density at radius 1 is 1.28 bits per heavy atom. The van der Waals surface area contributed by atoms with Gasteiger partial charge in [0.05, 0.1) is 30.0 Å². The first kappa shape index (κ1) is 19.9. The van der Waals surface area contributed by atoms with E-state index in [0.717, 1.165) is 16.8 Å². The summed E-state index contributed by atoms with van der Waals surface area (Å²) in [5, 5.41) is 3.47. The summed E-state index contributed by atoms with van der Waals surface area (Å²) in [5.41, 5.74) is -3.48. The molecule has 2 rings (SSSR count). The van der Waals surface area contributed by atoms with E-state index < -0.39 is 35.9 Å². The number of aromatic nitrogens is 2. The lowest BCUT2D eigenvalue weighted by Crippen LogP contribution is -2.41. The van der Waals surface area contributed by atoms with Crippen molar-refractivity contribution in [2.24, 2.45) is 0 Å². The van der Waals surface area contributed by atoms with Gasteiger partial charge in [0, 0.05) is 7.11 Å². The first-order valence-corrected chi connectivity index (χ1v) is 7.74. The maximum Gasteiger partial charge on any atom is 0.525 e. The van der Waals surface area contributed by atoms with Gasteiger partial charge in [0.15, 0.2) is 5.69 Å². The molecule has 10 heteroatoms.